The van der Waals surface area contributed by atoms with Crippen LogP contribution < -0.4 is 5.32 Å². The van der Waals surface area contributed by atoms with Crippen molar-refractivity contribution in [1.29, 1.82) is 0 Å². The average molecular weight is 322 g/mol. The van der Waals surface area contributed by atoms with E-state index < -0.39 is 0 Å². The van der Waals surface area contributed by atoms with E-state index in [0.29, 0.717) is 6.04 Å². The minimum atomic E-state index is 0.361. The van der Waals surface area contributed by atoms with Crippen LogP contribution in [0.4, 0.5) is 0 Å². The molecule has 0 bridgehead atoms. The first-order chi connectivity index (χ1) is 10.2. The zero-order chi connectivity index (χ0) is 15.2. The molecule has 0 saturated heterocycles. The SMILES string of the molecule is CCCNC(Cc1ccc(C)cc1Cl)c1sccc1CC. The van der Waals surface area contributed by atoms with Gasteiger partial charge in [0.05, 0.1) is 0 Å². The van der Waals surface area contributed by atoms with Crippen molar-refractivity contribution in [3.8, 4) is 0 Å². The Bertz CT molecular complexity index is 576. The Balaban J connectivity index is 2.24. The lowest BCUT2D eigenvalue weighted by atomic mass is 10.00. The van der Waals surface area contributed by atoms with E-state index in [1.165, 1.54) is 21.6 Å². The van der Waals surface area contributed by atoms with Crippen molar-refractivity contribution >= 4 is 22.9 Å². The molecule has 0 aliphatic heterocycles. The molecule has 1 atom stereocenters. The minimum Gasteiger partial charge on any atom is -0.309 e. The van der Waals surface area contributed by atoms with Gasteiger partial charge in [-0.3, -0.25) is 0 Å². The molecule has 1 nitrogen and oxygen atoms in total. The fourth-order valence-electron chi connectivity index (χ4n) is 2.56. The molecule has 1 heterocycles. The van der Waals surface area contributed by atoms with Crippen LogP contribution in [-0.2, 0) is 12.8 Å². The molecule has 21 heavy (non-hydrogen) atoms. The van der Waals surface area contributed by atoms with Gasteiger partial charge in [0.1, 0.15) is 0 Å². The highest BCUT2D eigenvalue weighted by Crippen LogP contribution is 2.30. The number of aryl methyl sites for hydroxylation is 2. The molecule has 0 saturated carbocycles. The summed E-state index contributed by atoms with van der Waals surface area (Å²) in [6, 6.07) is 8.98. The second-order valence-electron chi connectivity index (χ2n) is 5.47. The third-order valence-electron chi connectivity index (χ3n) is 3.75. The molecule has 2 rings (SSSR count). The fourth-order valence-corrected chi connectivity index (χ4v) is 3.95. The third kappa shape index (κ3) is 4.32. The molecular formula is C18H24ClNS. The highest BCUT2D eigenvalue weighted by molar-refractivity contribution is 7.10. The Hall–Kier alpha value is -0.830. The lowest BCUT2D eigenvalue weighted by molar-refractivity contribution is 0.534. The summed E-state index contributed by atoms with van der Waals surface area (Å²) in [6.45, 7) is 7.55. The van der Waals surface area contributed by atoms with Crippen molar-refractivity contribution < 1.29 is 0 Å². The van der Waals surface area contributed by atoms with Gasteiger partial charge in [0.25, 0.3) is 0 Å². The first-order valence-corrected chi connectivity index (χ1v) is 8.96. The number of hydrogen-bond donors (Lipinski definition) is 1. The van der Waals surface area contributed by atoms with Crippen LogP contribution in [0.25, 0.3) is 0 Å². The first kappa shape index (κ1) is 16.5. The molecule has 0 radical (unpaired) electrons. The first-order valence-electron chi connectivity index (χ1n) is 7.70. The normalized spacial score (nSPS) is 12.6. The van der Waals surface area contributed by atoms with Gasteiger partial charge >= 0.3 is 0 Å². The smallest absolute Gasteiger partial charge is 0.0458 e. The molecule has 0 aliphatic rings. The number of thiophene rings is 1. The van der Waals surface area contributed by atoms with Crippen LogP contribution in [0.2, 0.25) is 5.02 Å². The predicted octanol–water partition coefficient (Wildman–Crippen LogP) is 5.56. The molecule has 0 fully saturated rings. The summed E-state index contributed by atoms with van der Waals surface area (Å²) < 4.78 is 0. The summed E-state index contributed by atoms with van der Waals surface area (Å²) in [4.78, 5) is 1.46. The van der Waals surface area contributed by atoms with Gasteiger partial charge in [0.2, 0.25) is 0 Å². The molecule has 1 aromatic heterocycles. The highest BCUT2D eigenvalue weighted by Gasteiger charge is 2.17. The third-order valence-corrected chi connectivity index (χ3v) is 5.18. The zero-order valence-corrected chi connectivity index (χ0v) is 14.7. The topological polar surface area (TPSA) is 12.0 Å². The van der Waals surface area contributed by atoms with E-state index >= 15 is 0 Å². The van der Waals surface area contributed by atoms with E-state index in [-0.39, 0.29) is 0 Å². The molecule has 1 unspecified atom stereocenters. The molecule has 114 valence electrons. The Kier molecular flexibility index (Phi) is 6.28. The number of nitrogens with one attached hydrogen (secondary N) is 1. The van der Waals surface area contributed by atoms with E-state index in [4.69, 9.17) is 11.6 Å². The van der Waals surface area contributed by atoms with E-state index in [0.717, 1.165) is 30.8 Å². The van der Waals surface area contributed by atoms with Crippen molar-refractivity contribution in [2.24, 2.45) is 0 Å². The number of benzene rings is 1. The van der Waals surface area contributed by atoms with Crippen molar-refractivity contribution in [3.63, 3.8) is 0 Å². The molecule has 1 aromatic carbocycles. The lowest BCUT2D eigenvalue weighted by Gasteiger charge is -2.20. The van der Waals surface area contributed by atoms with Crippen LogP contribution in [0.15, 0.2) is 29.6 Å². The summed E-state index contributed by atoms with van der Waals surface area (Å²) in [5.74, 6) is 0. The van der Waals surface area contributed by atoms with Crippen LogP contribution in [-0.4, -0.2) is 6.54 Å². The monoisotopic (exact) mass is 321 g/mol. The second kappa shape index (κ2) is 7.98. The van der Waals surface area contributed by atoms with Crippen LogP contribution in [0.5, 0.6) is 0 Å². The van der Waals surface area contributed by atoms with Gasteiger partial charge in [0.15, 0.2) is 0 Å². The highest BCUT2D eigenvalue weighted by atomic mass is 35.5. The lowest BCUT2D eigenvalue weighted by Crippen LogP contribution is -2.24. The maximum absolute atomic E-state index is 6.42. The number of hydrogen-bond acceptors (Lipinski definition) is 2. The second-order valence-corrected chi connectivity index (χ2v) is 6.82. The largest absolute Gasteiger partial charge is 0.309 e. The van der Waals surface area contributed by atoms with Gasteiger partial charge in [-0.1, -0.05) is 37.6 Å². The van der Waals surface area contributed by atoms with Crippen molar-refractivity contribution in [3.05, 3.63) is 56.2 Å². The van der Waals surface area contributed by atoms with Gasteiger partial charge in [0, 0.05) is 15.9 Å². The van der Waals surface area contributed by atoms with Crippen LogP contribution in [0.3, 0.4) is 0 Å². The standard InChI is InChI=1S/C18H24ClNS/c1-4-9-20-17(18-14(5-2)8-10-21-18)12-15-7-6-13(3)11-16(15)19/h6-8,10-11,17,20H,4-5,9,12H2,1-3H3. The molecule has 2 aromatic rings. The van der Waals surface area contributed by atoms with Gasteiger partial charge < -0.3 is 5.32 Å². The molecule has 3 heteroatoms. The summed E-state index contributed by atoms with van der Waals surface area (Å²) in [5.41, 5.74) is 3.90. The molecule has 0 amide bonds. The molecule has 1 N–H and O–H groups in total. The summed E-state index contributed by atoms with van der Waals surface area (Å²) in [6.07, 6.45) is 3.18. The quantitative estimate of drug-likeness (QED) is 0.704. The average Bonchev–Trinajstić information content (AvgIpc) is 2.94. The van der Waals surface area contributed by atoms with Gasteiger partial charge in [-0.25, -0.2) is 0 Å². The van der Waals surface area contributed by atoms with E-state index in [1.54, 1.807) is 0 Å². The number of rotatable bonds is 7. The van der Waals surface area contributed by atoms with E-state index in [2.05, 4.69) is 55.7 Å². The predicted molar refractivity (Wildman–Crippen MR) is 94.6 cm³/mol. The summed E-state index contributed by atoms with van der Waals surface area (Å²) >= 11 is 8.27. The van der Waals surface area contributed by atoms with Crippen LogP contribution in [0.1, 0.15) is 47.9 Å². The van der Waals surface area contributed by atoms with E-state index in [1.807, 2.05) is 11.3 Å². The zero-order valence-electron chi connectivity index (χ0n) is 13.1. The Morgan fingerprint density at radius 2 is 2.00 bits per heavy atom. The van der Waals surface area contributed by atoms with Crippen molar-refractivity contribution in [2.75, 3.05) is 6.54 Å². The maximum atomic E-state index is 6.42. The number of halogens is 1. The molecule has 0 spiro atoms. The minimum absolute atomic E-state index is 0.361. The van der Waals surface area contributed by atoms with Crippen molar-refractivity contribution in [1.82, 2.24) is 5.32 Å². The summed E-state index contributed by atoms with van der Waals surface area (Å²) in [5, 5.41) is 6.77. The van der Waals surface area contributed by atoms with Crippen molar-refractivity contribution in [2.45, 2.75) is 46.1 Å². The molecular weight excluding hydrogens is 298 g/mol. The Labute approximate surface area is 137 Å². The van der Waals surface area contributed by atoms with E-state index in [9.17, 15) is 0 Å². The van der Waals surface area contributed by atoms with Crippen LogP contribution >= 0.6 is 22.9 Å². The van der Waals surface area contributed by atoms with Gasteiger partial charge in [-0.05, 0) is 66.9 Å². The Morgan fingerprint density at radius 3 is 2.67 bits per heavy atom. The summed E-state index contributed by atoms with van der Waals surface area (Å²) in [7, 11) is 0. The Morgan fingerprint density at radius 1 is 1.19 bits per heavy atom. The fraction of sp³-hybridized carbons (Fsp3) is 0.444. The van der Waals surface area contributed by atoms with Gasteiger partial charge in [-0.15, -0.1) is 11.3 Å². The molecule has 0 aliphatic carbocycles. The van der Waals surface area contributed by atoms with Gasteiger partial charge in [-0.2, -0.15) is 0 Å². The maximum Gasteiger partial charge on any atom is 0.0458 e. The van der Waals surface area contributed by atoms with Crippen LogP contribution in [0, 0.1) is 6.92 Å².